The van der Waals surface area contributed by atoms with Gasteiger partial charge in [-0.3, -0.25) is 0 Å². The van der Waals surface area contributed by atoms with Crippen molar-refractivity contribution in [1.82, 2.24) is 9.13 Å². The molecule has 0 bridgehead atoms. The van der Waals surface area contributed by atoms with Crippen LogP contribution in [-0.4, -0.2) is 13.3 Å². The number of para-hydroxylation sites is 2. The van der Waals surface area contributed by atoms with Gasteiger partial charge < -0.3 is 9.13 Å². The van der Waals surface area contributed by atoms with Crippen LogP contribution >= 0.6 is 0 Å². The van der Waals surface area contributed by atoms with Crippen LogP contribution in [-0.2, 0) is 10.8 Å². The Labute approximate surface area is 358 Å². The van der Waals surface area contributed by atoms with Gasteiger partial charge in [0.2, 0.25) is 0 Å². The SMILES string of the molecule is O=S1c2ccccc2-c2cc(-c3ccc4c(-n5c6c7ccccc7ccc6c6ccc7ccccc7c65)c5ccccc5c(-n5c6ccccc6c6ccccc65)c4c3)ccc21. The zero-order chi connectivity index (χ0) is 40.6. The minimum Gasteiger partial charge on any atom is -0.308 e. The highest BCUT2D eigenvalue weighted by Gasteiger charge is 2.27. The number of hydrogen-bond donors (Lipinski definition) is 0. The fourth-order valence-corrected chi connectivity index (χ4v) is 12.1. The predicted octanol–water partition coefficient (Wildman–Crippen LogP) is 15.3. The van der Waals surface area contributed by atoms with Gasteiger partial charge in [-0.2, -0.15) is 0 Å². The van der Waals surface area contributed by atoms with Crippen molar-refractivity contribution < 1.29 is 4.21 Å². The molecular weight excluding hydrogens is 773 g/mol. The number of nitrogens with zero attached hydrogens (tertiary/aromatic N) is 2. The second-order valence-electron chi connectivity index (χ2n) is 16.5. The lowest BCUT2D eigenvalue weighted by Gasteiger charge is -2.22. The molecule has 1 aliphatic heterocycles. The van der Waals surface area contributed by atoms with Gasteiger partial charge in [0, 0.05) is 59.4 Å². The highest BCUT2D eigenvalue weighted by molar-refractivity contribution is 7.85. The van der Waals surface area contributed by atoms with Crippen LogP contribution in [0.25, 0.3) is 120 Å². The van der Waals surface area contributed by atoms with Gasteiger partial charge in [-0.15, -0.1) is 0 Å². The van der Waals surface area contributed by atoms with Crippen LogP contribution < -0.4 is 0 Å². The molecule has 1 unspecified atom stereocenters. The van der Waals surface area contributed by atoms with Gasteiger partial charge in [-0.05, 0) is 63.9 Å². The molecule has 2 aromatic heterocycles. The molecule has 3 nitrogen and oxygen atoms in total. The third-order valence-electron chi connectivity index (χ3n) is 13.4. The summed E-state index contributed by atoms with van der Waals surface area (Å²) in [7, 11) is -1.20. The van der Waals surface area contributed by atoms with E-state index >= 15 is 0 Å². The van der Waals surface area contributed by atoms with Crippen molar-refractivity contribution in [2.45, 2.75) is 9.79 Å². The second-order valence-corrected chi connectivity index (χ2v) is 18.0. The first-order valence-electron chi connectivity index (χ1n) is 21.2. The molecule has 13 aromatic rings. The Morgan fingerprint density at radius 2 is 0.758 bits per heavy atom. The van der Waals surface area contributed by atoms with E-state index in [1.165, 1.54) is 75.9 Å². The molecule has 11 aromatic carbocycles. The van der Waals surface area contributed by atoms with Gasteiger partial charge in [-0.1, -0.05) is 170 Å². The molecule has 0 fully saturated rings. The van der Waals surface area contributed by atoms with E-state index in [0.29, 0.717) is 0 Å². The molecule has 14 rings (SSSR count). The minimum absolute atomic E-state index is 0.876. The monoisotopic (exact) mass is 806 g/mol. The number of aromatic nitrogens is 2. The maximum atomic E-state index is 13.6. The molecule has 0 N–H and O–H groups in total. The van der Waals surface area contributed by atoms with Crippen LogP contribution in [0.15, 0.2) is 216 Å². The fraction of sp³-hybridized carbons (Fsp3) is 0. The summed E-state index contributed by atoms with van der Waals surface area (Å²) >= 11 is 0. The van der Waals surface area contributed by atoms with Crippen LogP contribution in [0.3, 0.4) is 0 Å². The van der Waals surface area contributed by atoms with Crippen molar-refractivity contribution in [3.63, 3.8) is 0 Å². The average molecular weight is 807 g/mol. The smallest absolute Gasteiger partial charge is 0.0862 e. The molecule has 0 aliphatic carbocycles. The second kappa shape index (κ2) is 12.6. The van der Waals surface area contributed by atoms with Gasteiger partial charge in [-0.25, -0.2) is 4.21 Å². The van der Waals surface area contributed by atoms with Crippen LogP contribution in [0.2, 0.25) is 0 Å². The highest BCUT2D eigenvalue weighted by Crippen LogP contribution is 2.48. The summed E-state index contributed by atoms with van der Waals surface area (Å²) in [5.41, 5.74) is 11.4. The normalized spacial score (nSPS) is 13.7. The van der Waals surface area contributed by atoms with Crippen molar-refractivity contribution in [1.29, 1.82) is 0 Å². The standard InChI is InChI=1S/C58H34N2OS/c61-62-53-24-12-9-19-43(53)49-33-38(28-32-54(49)62)37-27-31-48-50(34-37)58(59-51-22-10-7-17-41(51)42-18-8-11-23-52(42)59)45-21-6-5-20-44(45)57(48)60-55-39-15-3-1-13-35(39)25-29-46(55)47-30-26-36-14-2-4-16-40(36)56(47)60/h1-34H. The molecular formula is C58H34N2OS. The molecule has 0 saturated carbocycles. The van der Waals surface area contributed by atoms with Gasteiger partial charge in [0.05, 0.1) is 54.0 Å². The minimum atomic E-state index is -1.20. The largest absolute Gasteiger partial charge is 0.308 e. The Morgan fingerprint density at radius 3 is 1.40 bits per heavy atom. The van der Waals surface area contributed by atoms with Crippen LogP contribution in [0.4, 0.5) is 0 Å². The van der Waals surface area contributed by atoms with Gasteiger partial charge in [0.1, 0.15) is 0 Å². The van der Waals surface area contributed by atoms with E-state index in [-0.39, 0.29) is 0 Å². The summed E-state index contributed by atoms with van der Waals surface area (Å²) in [5, 5.41) is 14.5. The molecule has 1 atom stereocenters. The third-order valence-corrected chi connectivity index (χ3v) is 14.9. The zero-order valence-corrected chi connectivity index (χ0v) is 34.2. The number of hydrogen-bond acceptors (Lipinski definition) is 1. The van der Waals surface area contributed by atoms with Crippen molar-refractivity contribution in [2.75, 3.05) is 0 Å². The van der Waals surface area contributed by atoms with E-state index in [1.54, 1.807) is 0 Å². The molecule has 3 heterocycles. The molecule has 0 spiro atoms. The molecule has 0 radical (unpaired) electrons. The molecule has 288 valence electrons. The Hall–Kier alpha value is -7.79. The molecule has 0 amide bonds. The molecule has 62 heavy (non-hydrogen) atoms. The Kier molecular flexibility index (Phi) is 6.92. The lowest BCUT2D eigenvalue weighted by Crippen LogP contribution is -2.03. The van der Waals surface area contributed by atoms with Crippen molar-refractivity contribution in [3.05, 3.63) is 206 Å². The quantitative estimate of drug-likeness (QED) is 0.163. The van der Waals surface area contributed by atoms with E-state index in [0.717, 1.165) is 54.2 Å². The topological polar surface area (TPSA) is 26.9 Å². The van der Waals surface area contributed by atoms with E-state index < -0.39 is 10.8 Å². The maximum Gasteiger partial charge on any atom is 0.0862 e. The van der Waals surface area contributed by atoms with Crippen molar-refractivity contribution in [2.24, 2.45) is 0 Å². The first-order chi connectivity index (χ1) is 30.7. The number of fused-ring (bicyclic) bond motifs is 15. The maximum absolute atomic E-state index is 13.6. The first-order valence-corrected chi connectivity index (χ1v) is 22.3. The zero-order valence-electron chi connectivity index (χ0n) is 33.3. The fourth-order valence-electron chi connectivity index (χ4n) is 10.8. The summed E-state index contributed by atoms with van der Waals surface area (Å²) in [6, 6.07) is 75.1. The predicted molar refractivity (Wildman–Crippen MR) is 261 cm³/mol. The van der Waals surface area contributed by atoms with Crippen LogP contribution in [0.5, 0.6) is 0 Å². The summed E-state index contributed by atoms with van der Waals surface area (Å²) in [6.45, 7) is 0. The van der Waals surface area contributed by atoms with Crippen LogP contribution in [0, 0.1) is 0 Å². The summed E-state index contributed by atoms with van der Waals surface area (Å²) in [5.74, 6) is 0. The third kappa shape index (κ3) is 4.51. The van der Waals surface area contributed by atoms with Crippen LogP contribution in [0.1, 0.15) is 0 Å². The van der Waals surface area contributed by atoms with E-state index in [9.17, 15) is 4.21 Å². The Balaban J connectivity index is 1.19. The van der Waals surface area contributed by atoms with Gasteiger partial charge >= 0.3 is 0 Å². The van der Waals surface area contributed by atoms with Gasteiger partial charge in [0.15, 0.2) is 0 Å². The van der Waals surface area contributed by atoms with E-state index in [4.69, 9.17) is 0 Å². The summed E-state index contributed by atoms with van der Waals surface area (Å²) in [4.78, 5) is 1.76. The average Bonchev–Trinajstić information content (AvgIpc) is 3.96. The summed E-state index contributed by atoms with van der Waals surface area (Å²) < 4.78 is 18.7. The number of rotatable bonds is 3. The van der Waals surface area contributed by atoms with Crippen molar-refractivity contribution >= 4 is 97.5 Å². The Morgan fingerprint density at radius 1 is 0.306 bits per heavy atom. The highest BCUT2D eigenvalue weighted by atomic mass is 32.2. The molecule has 1 aliphatic rings. The Bertz CT molecular complexity index is 3990. The lowest BCUT2D eigenvalue weighted by molar-refractivity contribution is 0.685. The van der Waals surface area contributed by atoms with Gasteiger partial charge in [0.25, 0.3) is 0 Å². The van der Waals surface area contributed by atoms with E-state index in [1.807, 2.05) is 18.2 Å². The lowest BCUT2D eigenvalue weighted by atomic mass is 9.93. The van der Waals surface area contributed by atoms with E-state index in [2.05, 4.69) is 197 Å². The van der Waals surface area contributed by atoms with Crippen molar-refractivity contribution in [3.8, 4) is 33.6 Å². The summed E-state index contributed by atoms with van der Waals surface area (Å²) in [6.07, 6.45) is 0. The molecule has 4 heteroatoms. The first kappa shape index (κ1) is 34.0. The molecule has 0 saturated heterocycles. The number of benzene rings is 11.